The highest BCUT2D eigenvalue weighted by Gasteiger charge is 2.29. The summed E-state index contributed by atoms with van der Waals surface area (Å²) in [4.78, 5) is 23.6. The normalized spacial score (nSPS) is 17.2. The molecule has 0 saturated heterocycles. The number of rotatable bonds is 4. The van der Waals surface area contributed by atoms with Crippen LogP contribution in [0.5, 0.6) is 0 Å². The SMILES string of the molecule is CC(C(=O)O)c1cccc(NC(=O)C2CCc3cc(F)ccc32)c1. The maximum Gasteiger partial charge on any atom is 0.310 e. The molecule has 0 spiro atoms. The van der Waals surface area contributed by atoms with Crippen molar-refractivity contribution in [2.45, 2.75) is 31.6 Å². The number of carboxylic acid groups (broad SMARTS) is 1. The Morgan fingerprint density at radius 2 is 2.04 bits per heavy atom. The molecule has 24 heavy (non-hydrogen) atoms. The lowest BCUT2D eigenvalue weighted by Gasteiger charge is -2.14. The number of nitrogens with one attached hydrogen (secondary N) is 1. The van der Waals surface area contributed by atoms with Crippen LogP contribution in [0.25, 0.3) is 0 Å². The second-order valence-electron chi connectivity index (χ2n) is 6.11. The van der Waals surface area contributed by atoms with Crippen LogP contribution in [0.15, 0.2) is 42.5 Å². The molecule has 0 radical (unpaired) electrons. The van der Waals surface area contributed by atoms with E-state index in [1.807, 2.05) is 0 Å². The van der Waals surface area contributed by atoms with E-state index in [9.17, 15) is 14.0 Å². The molecule has 0 bridgehead atoms. The third-order valence-corrected chi connectivity index (χ3v) is 4.52. The van der Waals surface area contributed by atoms with Gasteiger partial charge in [-0.15, -0.1) is 0 Å². The molecule has 0 fully saturated rings. The molecule has 2 unspecified atom stereocenters. The van der Waals surface area contributed by atoms with Crippen LogP contribution in [0.4, 0.5) is 10.1 Å². The molecule has 0 aromatic heterocycles. The van der Waals surface area contributed by atoms with Gasteiger partial charge in [0.25, 0.3) is 0 Å². The standard InChI is InChI=1S/C19H18FNO3/c1-11(19(23)24)12-3-2-4-15(10-12)21-18(22)17-7-5-13-9-14(20)6-8-16(13)17/h2-4,6,8-11,17H,5,7H2,1H3,(H,21,22)(H,23,24). The molecule has 2 N–H and O–H groups in total. The highest BCUT2D eigenvalue weighted by atomic mass is 19.1. The molecule has 0 aliphatic heterocycles. The maximum absolute atomic E-state index is 13.3. The molecule has 0 heterocycles. The number of aliphatic carboxylic acids is 1. The van der Waals surface area contributed by atoms with Crippen molar-refractivity contribution < 1.29 is 19.1 Å². The third kappa shape index (κ3) is 3.15. The Hall–Kier alpha value is -2.69. The van der Waals surface area contributed by atoms with Crippen molar-refractivity contribution in [3.63, 3.8) is 0 Å². The first-order chi connectivity index (χ1) is 11.5. The molecule has 2 atom stereocenters. The number of carbonyl (C=O) groups is 2. The van der Waals surface area contributed by atoms with E-state index in [-0.39, 0.29) is 17.6 Å². The topological polar surface area (TPSA) is 66.4 Å². The Kier molecular flexibility index (Phi) is 4.34. The average molecular weight is 327 g/mol. The van der Waals surface area contributed by atoms with Crippen LogP contribution in [0.1, 0.15) is 41.9 Å². The van der Waals surface area contributed by atoms with Crippen LogP contribution in [0, 0.1) is 5.82 Å². The average Bonchev–Trinajstić information content (AvgIpc) is 2.97. The fourth-order valence-corrected chi connectivity index (χ4v) is 3.12. The Balaban J connectivity index is 1.77. The van der Waals surface area contributed by atoms with Gasteiger partial charge in [-0.3, -0.25) is 9.59 Å². The first-order valence-electron chi connectivity index (χ1n) is 7.87. The van der Waals surface area contributed by atoms with E-state index in [1.165, 1.54) is 12.1 Å². The minimum absolute atomic E-state index is 0.152. The quantitative estimate of drug-likeness (QED) is 0.900. The van der Waals surface area contributed by atoms with Gasteiger partial charge in [0.05, 0.1) is 11.8 Å². The van der Waals surface area contributed by atoms with Crippen molar-refractivity contribution in [2.24, 2.45) is 0 Å². The minimum atomic E-state index is -0.912. The van der Waals surface area contributed by atoms with Gasteiger partial charge in [-0.2, -0.15) is 0 Å². The summed E-state index contributed by atoms with van der Waals surface area (Å²) in [5, 5.41) is 11.9. The first-order valence-corrected chi connectivity index (χ1v) is 7.87. The van der Waals surface area contributed by atoms with Crippen LogP contribution in [0.3, 0.4) is 0 Å². The monoisotopic (exact) mass is 327 g/mol. The van der Waals surface area contributed by atoms with Crippen molar-refractivity contribution in [2.75, 3.05) is 5.32 Å². The number of amides is 1. The lowest BCUT2D eigenvalue weighted by molar-refractivity contribution is -0.138. The molecule has 5 heteroatoms. The van der Waals surface area contributed by atoms with Gasteiger partial charge in [0.1, 0.15) is 5.82 Å². The maximum atomic E-state index is 13.3. The van der Waals surface area contributed by atoms with Crippen LogP contribution in [0.2, 0.25) is 0 Å². The van der Waals surface area contributed by atoms with E-state index < -0.39 is 11.9 Å². The Morgan fingerprint density at radius 3 is 2.79 bits per heavy atom. The summed E-state index contributed by atoms with van der Waals surface area (Å²) in [6.45, 7) is 1.60. The van der Waals surface area contributed by atoms with Gasteiger partial charge in [0.2, 0.25) is 5.91 Å². The summed E-state index contributed by atoms with van der Waals surface area (Å²) in [5.41, 5.74) is 2.95. The molecular weight excluding hydrogens is 309 g/mol. The largest absolute Gasteiger partial charge is 0.481 e. The highest BCUT2D eigenvalue weighted by Crippen LogP contribution is 2.34. The molecule has 1 amide bonds. The van der Waals surface area contributed by atoms with E-state index in [0.717, 1.165) is 11.1 Å². The highest BCUT2D eigenvalue weighted by molar-refractivity contribution is 5.96. The second-order valence-corrected chi connectivity index (χ2v) is 6.11. The number of hydrogen-bond donors (Lipinski definition) is 2. The number of hydrogen-bond acceptors (Lipinski definition) is 2. The smallest absolute Gasteiger partial charge is 0.310 e. The number of fused-ring (bicyclic) bond motifs is 1. The van der Waals surface area contributed by atoms with Gasteiger partial charge < -0.3 is 10.4 Å². The van der Waals surface area contributed by atoms with Gasteiger partial charge in [0, 0.05) is 5.69 Å². The molecule has 0 saturated carbocycles. The number of halogens is 1. The van der Waals surface area contributed by atoms with Crippen LogP contribution in [-0.4, -0.2) is 17.0 Å². The molecule has 1 aliphatic carbocycles. The van der Waals surface area contributed by atoms with Crippen molar-refractivity contribution in [3.05, 3.63) is 65.0 Å². The van der Waals surface area contributed by atoms with Crippen LogP contribution >= 0.6 is 0 Å². The zero-order valence-electron chi connectivity index (χ0n) is 13.3. The molecule has 2 aromatic carbocycles. The van der Waals surface area contributed by atoms with Gasteiger partial charge in [-0.1, -0.05) is 18.2 Å². The van der Waals surface area contributed by atoms with E-state index in [4.69, 9.17) is 5.11 Å². The van der Waals surface area contributed by atoms with E-state index in [2.05, 4.69) is 5.32 Å². The third-order valence-electron chi connectivity index (χ3n) is 4.52. The molecule has 1 aliphatic rings. The summed E-state index contributed by atoms with van der Waals surface area (Å²) in [6.07, 6.45) is 1.33. The summed E-state index contributed by atoms with van der Waals surface area (Å²) >= 11 is 0. The number of anilines is 1. The van der Waals surface area contributed by atoms with Gasteiger partial charge >= 0.3 is 5.97 Å². The van der Waals surface area contributed by atoms with E-state index in [1.54, 1.807) is 37.3 Å². The molecule has 3 rings (SSSR count). The summed E-state index contributed by atoms with van der Waals surface area (Å²) < 4.78 is 13.3. The Morgan fingerprint density at radius 1 is 1.25 bits per heavy atom. The zero-order valence-corrected chi connectivity index (χ0v) is 13.3. The van der Waals surface area contributed by atoms with E-state index >= 15 is 0 Å². The Labute approximate surface area is 139 Å². The zero-order chi connectivity index (χ0) is 17.3. The minimum Gasteiger partial charge on any atom is -0.481 e. The molecular formula is C19H18FNO3. The number of carboxylic acids is 1. The van der Waals surface area contributed by atoms with Gasteiger partial charge in [-0.25, -0.2) is 4.39 Å². The summed E-state index contributed by atoms with van der Waals surface area (Å²) in [7, 11) is 0. The lowest BCUT2D eigenvalue weighted by Crippen LogP contribution is -2.19. The first kappa shape index (κ1) is 16.2. The fraction of sp³-hybridized carbons (Fsp3) is 0.263. The molecule has 4 nitrogen and oxygen atoms in total. The van der Waals surface area contributed by atoms with Crippen molar-refractivity contribution in [1.82, 2.24) is 0 Å². The lowest BCUT2D eigenvalue weighted by atomic mass is 9.99. The summed E-state index contributed by atoms with van der Waals surface area (Å²) in [5.74, 6) is -2.30. The Bertz CT molecular complexity index is 803. The summed E-state index contributed by atoms with van der Waals surface area (Å²) in [6, 6.07) is 11.4. The van der Waals surface area contributed by atoms with Gasteiger partial charge in [-0.05, 0) is 60.7 Å². The van der Waals surface area contributed by atoms with Crippen molar-refractivity contribution in [3.8, 4) is 0 Å². The predicted octanol–water partition coefficient (Wildman–Crippen LogP) is 3.68. The number of aryl methyl sites for hydroxylation is 1. The predicted molar refractivity (Wildman–Crippen MR) is 88.6 cm³/mol. The molecule has 2 aromatic rings. The molecule has 124 valence electrons. The van der Waals surface area contributed by atoms with Crippen molar-refractivity contribution >= 4 is 17.6 Å². The number of benzene rings is 2. The van der Waals surface area contributed by atoms with Crippen LogP contribution in [-0.2, 0) is 16.0 Å². The van der Waals surface area contributed by atoms with Gasteiger partial charge in [0.15, 0.2) is 0 Å². The fourth-order valence-electron chi connectivity index (χ4n) is 3.12. The van der Waals surface area contributed by atoms with Crippen LogP contribution < -0.4 is 5.32 Å². The van der Waals surface area contributed by atoms with E-state index in [0.29, 0.717) is 24.1 Å². The number of carbonyl (C=O) groups excluding carboxylic acids is 1. The second kappa shape index (κ2) is 6.43. The van der Waals surface area contributed by atoms with Crippen molar-refractivity contribution in [1.29, 1.82) is 0 Å².